The van der Waals surface area contributed by atoms with Gasteiger partial charge in [0.05, 0.1) is 11.6 Å². The van der Waals surface area contributed by atoms with Crippen molar-refractivity contribution >= 4 is 0 Å². The minimum absolute atomic E-state index is 0.0905. The molecule has 3 nitrogen and oxygen atoms in total. The lowest BCUT2D eigenvalue weighted by atomic mass is 9.77. The van der Waals surface area contributed by atoms with Crippen molar-refractivity contribution in [1.82, 2.24) is 5.43 Å². The fraction of sp³-hybridized carbons (Fsp3) is 1.00. The van der Waals surface area contributed by atoms with Gasteiger partial charge >= 0.3 is 6.18 Å². The van der Waals surface area contributed by atoms with Crippen LogP contribution in [0.1, 0.15) is 58.3 Å². The molecule has 0 spiro atoms. The molecule has 0 bridgehead atoms. The Hall–Kier alpha value is -0.330. The zero-order valence-corrected chi connectivity index (χ0v) is 11.6. The first-order chi connectivity index (χ1) is 8.93. The van der Waals surface area contributed by atoms with E-state index in [1.807, 2.05) is 6.92 Å². The van der Waals surface area contributed by atoms with Gasteiger partial charge in [-0.05, 0) is 32.6 Å². The Bertz CT molecular complexity index is 247. The van der Waals surface area contributed by atoms with Gasteiger partial charge in [0.25, 0.3) is 0 Å². The largest absolute Gasteiger partial charge is 0.389 e. The Morgan fingerprint density at radius 2 is 1.89 bits per heavy atom. The fourth-order valence-electron chi connectivity index (χ4n) is 3.04. The molecule has 0 heterocycles. The van der Waals surface area contributed by atoms with Crippen molar-refractivity contribution in [3.05, 3.63) is 0 Å². The third-order valence-electron chi connectivity index (χ3n) is 3.92. The molecule has 0 aromatic heterocycles. The molecule has 1 fully saturated rings. The zero-order chi connectivity index (χ0) is 14.4. The van der Waals surface area contributed by atoms with E-state index in [-0.39, 0.29) is 18.1 Å². The lowest BCUT2D eigenvalue weighted by molar-refractivity contribution is -0.138. The number of alkyl halides is 3. The highest BCUT2D eigenvalue weighted by Crippen LogP contribution is 2.36. The Morgan fingerprint density at radius 3 is 2.37 bits per heavy atom. The number of ether oxygens (including phenoxy) is 1. The number of hydrogen-bond donors (Lipinski definition) is 2. The quantitative estimate of drug-likeness (QED) is 0.556. The van der Waals surface area contributed by atoms with E-state index in [1.54, 1.807) is 0 Å². The van der Waals surface area contributed by atoms with Gasteiger partial charge in [-0.1, -0.05) is 19.3 Å². The highest BCUT2D eigenvalue weighted by atomic mass is 19.4. The van der Waals surface area contributed by atoms with Crippen molar-refractivity contribution in [3.63, 3.8) is 0 Å². The van der Waals surface area contributed by atoms with Crippen LogP contribution in [0.25, 0.3) is 0 Å². The van der Waals surface area contributed by atoms with Crippen LogP contribution in [0.2, 0.25) is 0 Å². The number of nitrogens with one attached hydrogen (secondary N) is 1. The van der Waals surface area contributed by atoms with Gasteiger partial charge in [0.2, 0.25) is 0 Å². The molecule has 0 saturated heterocycles. The van der Waals surface area contributed by atoms with E-state index in [4.69, 9.17) is 10.6 Å². The smallest absolute Gasteiger partial charge is 0.374 e. The Kier molecular flexibility index (Phi) is 6.56. The molecule has 0 aromatic carbocycles. The Morgan fingerprint density at radius 1 is 1.26 bits per heavy atom. The molecule has 0 aromatic rings. The third kappa shape index (κ3) is 5.28. The van der Waals surface area contributed by atoms with E-state index in [2.05, 4.69) is 5.43 Å². The van der Waals surface area contributed by atoms with Crippen LogP contribution in [0.4, 0.5) is 13.2 Å². The molecular formula is C13H25F3N2O. The van der Waals surface area contributed by atoms with Crippen molar-refractivity contribution in [1.29, 1.82) is 0 Å². The van der Waals surface area contributed by atoms with E-state index in [9.17, 15) is 13.2 Å². The van der Waals surface area contributed by atoms with Crippen LogP contribution in [0, 0.1) is 0 Å². The van der Waals surface area contributed by atoms with Crippen molar-refractivity contribution in [3.8, 4) is 0 Å². The summed E-state index contributed by atoms with van der Waals surface area (Å²) in [6.07, 6.45) is 0.661. The highest BCUT2D eigenvalue weighted by Gasteiger charge is 2.40. The molecule has 0 radical (unpaired) electrons. The van der Waals surface area contributed by atoms with Crippen molar-refractivity contribution < 1.29 is 17.9 Å². The lowest BCUT2D eigenvalue weighted by Gasteiger charge is -2.43. The number of nitrogens with two attached hydrogens (primary N) is 1. The zero-order valence-electron chi connectivity index (χ0n) is 11.6. The SMILES string of the molecule is CCOC1(C(CCCC(F)(F)F)NN)CCCCC1. The van der Waals surface area contributed by atoms with Crippen molar-refractivity contribution in [2.45, 2.75) is 76.1 Å². The van der Waals surface area contributed by atoms with E-state index in [0.29, 0.717) is 13.0 Å². The van der Waals surface area contributed by atoms with E-state index in [0.717, 1.165) is 32.1 Å². The minimum atomic E-state index is -4.09. The van der Waals surface area contributed by atoms with Gasteiger partial charge < -0.3 is 4.74 Å². The highest BCUT2D eigenvalue weighted by molar-refractivity contribution is 4.94. The number of halogens is 3. The van der Waals surface area contributed by atoms with Crippen LogP contribution in [-0.2, 0) is 4.74 Å². The summed E-state index contributed by atoms with van der Waals surface area (Å²) in [6, 6.07) is -0.199. The summed E-state index contributed by atoms with van der Waals surface area (Å²) in [5.74, 6) is 5.56. The summed E-state index contributed by atoms with van der Waals surface area (Å²) < 4.78 is 42.5. The van der Waals surface area contributed by atoms with Gasteiger partial charge in [0, 0.05) is 13.0 Å². The summed E-state index contributed by atoms with van der Waals surface area (Å²) in [5, 5.41) is 0. The first-order valence-electron chi connectivity index (χ1n) is 7.10. The standard InChI is InChI=1S/C13H25F3N2O/c1-2-19-12(8-4-3-5-9-12)11(18-17)7-6-10-13(14,15)16/h11,18H,2-10,17H2,1H3. The minimum Gasteiger partial charge on any atom is -0.374 e. The number of rotatable bonds is 7. The topological polar surface area (TPSA) is 47.3 Å². The van der Waals surface area contributed by atoms with Gasteiger partial charge in [-0.3, -0.25) is 11.3 Å². The summed E-state index contributed by atoms with van der Waals surface area (Å²) in [5.41, 5.74) is 2.31. The molecule has 3 N–H and O–H groups in total. The first-order valence-corrected chi connectivity index (χ1v) is 7.10. The van der Waals surface area contributed by atoms with Crippen LogP contribution >= 0.6 is 0 Å². The van der Waals surface area contributed by atoms with Crippen molar-refractivity contribution in [2.75, 3.05) is 6.61 Å². The van der Waals surface area contributed by atoms with Crippen LogP contribution in [0.5, 0.6) is 0 Å². The average molecular weight is 282 g/mol. The first kappa shape index (κ1) is 16.7. The second-order valence-electron chi connectivity index (χ2n) is 5.29. The van der Waals surface area contributed by atoms with Crippen LogP contribution in [-0.4, -0.2) is 24.4 Å². The van der Waals surface area contributed by atoms with Gasteiger partial charge in [0.15, 0.2) is 0 Å². The predicted molar refractivity (Wildman–Crippen MR) is 68.5 cm³/mol. The van der Waals surface area contributed by atoms with E-state index < -0.39 is 12.6 Å². The summed E-state index contributed by atoms with van der Waals surface area (Å²) in [4.78, 5) is 0. The molecule has 1 saturated carbocycles. The lowest BCUT2D eigenvalue weighted by Crippen LogP contribution is -2.56. The molecule has 0 amide bonds. The maximum absolute atomic E-state index is 12.2. The van der Waals surface area contributed by atoms with Gasteiger partial charge in [0.1, 0.15) is 0 Å². The number of hydrazine groups is 1. The van der Waals surface area contributed by atoms with Gasteiger partial charge in [-0.25, -0.2) is 0 Å². The number of hydrogen-bond acceptors (Lipinski definition) is 3. The predicted octanol–water partition coefficient (Wildman–Crippen LogP) is 3.29. The molecule has 114 valence electrons. The summed E-state index contributed by atoms with van der Waals surface area (Å²) in [7, 11) is 0. The molecule has 19 heavy (non-hydrogen) atoms. The average Bonchev–Trinajstić information content (AvgIpc) is 2.35. The summed E-state index contributed by atoms with van der Waals surface area (Å²) >= 11 is 0. The molecule has 0 aliphatic heterocycles. The molecule has 1 atom stereocenters. The summed E-state index contributed by atoms with van der Waals surface area (Å²) in [6.45, 7) is 2.48. The third-order valence-corrected chi connectivity index (χ3v) is 3.92. The molecule has 6 heteroatoms. The maximum Gasteiger partial charge on any atom is 0.389 e. The normalized spacial score (nSPS) is 21.3. The van der Waals surface area contributed by atoms with E-state index >= 15 is 0 Å². The fourth-order valence-corrected chi connectivity index (χ4v) is 3.04. The van der Waals surface area contributed by atoms with Gasteiger partial charge in [-0.2, -0.15) is 13.2 Å². The van der Waals surface area contributed by atoms with Gasteiger partial charge in [-0.15, -0.1) is 0 Å². The monoisotopic (exact) mass is 282 g/mol. The second kappa shape index (κ2) is 7.45. The van der Waals surface area contributed by atoms with E-state index in [1.165, 1.54) is 0 Å². The van der Waals surface area contributed by atoms with Crippen molar-refractivity contribution in [2.24, 2.45) is 5.84 Å². The molecule has 1 unspecified atom stereocenters. The van der Waals surface area contributed by atoms with Crippen LogP contribution in [0.3, 0.4) is 0 Å². The van der Waals surface area contributed by atoms with Crippen LogP contribution in [0.15, 0.2) is 0 Å². The molecular weight excluding hydrogens is 257 g/mol. The second-order valence-corrected chi connectivity index (χ2v) is 5.29. The maximum atomic E-state index is 12.2. The Labute approximate surface area is 113 Å². The Balaban J connectivity index is 2.57. The van der Waals surface area contributed by atoms with Crippen LogP contribution < -0.4 is 11.3 Å². The molecule has 1 rings (SSSR count). The molecule has 1 aliphatic rings. The molecule has 1 aliphatic carbocycles.